The zero-order valence-corrected chi connectivity index (χ0v) is 15.6. The molecule has 8 nitrogen and oxygen atoms in total. The maximum atomic E-state index is 12.3. The Kier molecular flexibility index (Phi) is 8.64. The lowest BCUT2D eigenvalue weighted by Gasteiger charge is -2.24. The summed E-state index contributed by atoms with van der Waals surface area (Å²) in [6.45, 7) is 3.84. The summed E-state index contributed by atoms with van der Waals surface area (Å²) < 4.78 is 0. The predicted octanol–water partition coefficient (Wildman–Crippen LogP) is -0.751. The average Bonchev–Trinajstić information content (AvgIpc) is 2.88. The second-order valence-electron chi connectivity index (χ2n) is 6.07. The predicted molar refractivity (Wildman–Crippen MR) is 96.6 cm³/mol. The maximum absolute atomic E-state index is 12.3. The molecule has 4 amide bonds. The lowest BCUT2D eigenvalue weighted by Crippen LogP contribution is -2.54. The van der Waals surface area contributed by atoms with Crippen molar-refractivity contribution in [2.45, 2.75) is 32.4 Å². The van der Waals surface area contributed by atoms with Crippen molar-refractivity contribution in [1.29, 1.82) is 0 Å². The smallest absolute Gasteiger partial charge is 0.253 e. The first-order valence-electron chi connectivity index (χ1n) is 8.14. The van der Waals surface area contributed by atoms with E-state index in [9.17, 15) is 19.2 Å². The second-order valence-corrected chi connectivity index (χ2v) is 7.06. The summed E-state index contributed by atoms with van der Waals surface area (Å²) in [6.07, 6.45) is 4.85. The van der Waals surface area contributed by atoms with Crippen LogP contribution in [-0.2, 0) is 19.2 Å². The van der Waals surface area contributed by atoms with E-state index in [1.54, 1.807) is 11.8 Å². The zero-order valence-electron chi connectivity index (χ0n) is 14.8. The summed E-state index contributed by atoms with van der Waals surface area (Å²) in [5.41, 5.74) is 5.82. The molecule has 1 aliphatic rings. The van der Waals surface area contributed by atoms with E-state index in [0.717, 1.165) is 10.7 Å². The van der Waals surface area contributed by atoms with Gasteiger partial charge in [-0.05, 0) is 24.3 Å². The summed E-state index contributed by atoms with van der Waals surface area (Å²) in [4.78, 5) is 48.4. The lowest BCUT2D eigenvalue weighted by molar-refractivity contribution is -0.137. The first kappa shape index (κ1) is 21.2. The third kappa shape index (κ3) is 6.50. The lowest BCUT2D eigenvalue weighted by atomic mass is 10.0. The van der Waals surface area contributed by atoms with Gasteiger partial charge in [-0.1, -0.05) is 13.8 Å². The van der Waals surface area contributed by atoms with Crippen molar-refractivity contribution in [2.75, 3.05) is 25.1 Å². The van der Waals surface area contributed by atoms with Crippen molar-refractivity contribution in [3.63, 3.8) is 0 Å². The molecule has 25 heavy (non-hydrogen) atoms. The van der Waals surface area contributed by atoms with E-state index >= 15 is 0 Å². The molecule has 0 bridgehead atoms. The Morgan fingerprint density at radius 2 is 1.80 bits per heavy atom. The molecule has 0 spiro atoms. The molecular weight excluding hydrogens is 344 g/mol. The van der Waals surface area contributed by atoms with Gasteiger partial charge in [-0.25, -0.2) is 0 Å². The fourth-order valence-electron chi connectivity index (χ4n) is 2.22. The molecule has 0 radical (unpaired) electrons. The normalized spacial score (nSPS) is 16.3. The van der Waals surface area contributed by atoms with Crippen molar-refractivity contribution in [2.24, 2.45) is 11.7 Å². The van der Waals surface area contributed by atoms with Gasteiger partial charge in [-0.15, -0.1) is 0 Å². The van der Waals surface area contributed by atoms with E-state index in [4.69, 9.17) is 5.73 Å². The van der Waals surface area contributed by atoms with Crippen molar-refractivity contribution in [3.05, 3.63) is 12.2 Å². The highest BCUT2D eigenvalue weighted by Crippen LogP contribution is 2.05. The molecule has 140 valence electrons. The zero-order chi connectivity index (χ0) is 19.0. The molecular formula is C16H26N4O4S. The monoisotopic (exact) mass is 370 g/mol. The van der Waals surface area contributed by atoms with Crippen molar-refractivity contribution >= 4 is 35.4 Å². The Labute approximate surface area is 151 Å². The highest BCUT2D eigenvalue weighted by Gasteiger charge is 2.27. The topological polar surface area (TPSA) is 122 Å². The van der Waals surface area contributed by atoms with Crippen LogP contribution in [-0.4, -0.2) is 65.7 Å². The Hall–Kier alpha value is -1.87. The molecule has 0 unspecified atom stereocenters. The maximum Gasteiger partial charge on any atom is 0.253 e. The van der Waals surface area contributed by atoms with Crippen molar-refractivity contribution in [1.82, 2.24) is 15.5 Å². The number of nitrogens with one attached hydrogen (secondary N) is 2. The number of amides is 4. The summed E-state index contributed by atoms with van der Waals surface area (Å²) in [6, 6.07) is -1.39. The van der Waals surface area contributed by atoms with Gasteiger partial charge in [0.15, 0.2) is 0 Å². The van der Waals surface area contributed by atoms with Crippen LogP contribution in [0.4, 0.5) is 0 Å². The minimum Gasteiger partial charge on any atom is -0.353 e. The summed E-state index contributed by atoms with van der Waals surface area (Å²) >= 11 is 1.60. The van der Waals surface area contributed by atoms with E-state index in [1.807, 2.05) is 20.1 Å². The van der Waals surface area contributed by atoms with Crippen LogP contribution in [0.3, 0.4) is 0 Å². The van der Waals surface area contributed by atoms with Gasteiger partial charge in [0.2, 0.25) is 11.8 Å². The highest BCUT2D eigenvalue weighted by molar-refractivity contribution is 7.98. The average molecular weight is 370 g/mol. The minimum absolute atomic E-state index is 0.0857. The molecule has 9 heteroatoms. The van der Waals surface area contributed by atoms with E-state index in [-0.39, 0.29) is 30.8 Å². The van der Waals surface area contributed by atoms with E-state index in [1.165, 1.54) is 12.2 Å². The van der Waals surface area contributed by atoms with E-state index in [2.05, 4.69) is 10.6 Å². The summed E-state index contributed by atoms with van der Waals surface area (Å²) in [5, 5.41) is 5.32. The Balaban J connectivity index is 2.49. The van der Waals surface area contributed by atoms with Gasteiger partial charge in [-0.3, -0.25) is 24.1 Å². The van der Waals surface area contributed by atoms with Gasteiger partial charge in [-0.2, -0.15) is 11.8 Å². The minimum atomic E-state index is -0.726. The van der Waals surface area contributed by atoms with Crippen LogP contribution in [0.15, 0.2) is 12.2 Å². The van der Waals surface area contributed by atoms with Gasteiger partial charge >= 0.3 is 0 Å². The van der Waals surface area contributed by atoms with Crippen LogP contribution < -0.4 is 16.4 Å². The third-order valence-corrected chi connectivity index (χ3v) is 4.40. The van der Waals surface area contributed by atoms with Crippen LogP contribution in [0.2, 0.25) is 0 Å². The van der Waals surface area contributed by atoms with Crippen molar-refractivity contribution < 1.29 is 19.2 Å². The second kappa shape index (κ2) is 10.2. The largest absolute Gasteiger partial charge is 0.353 e. The molecule has 1 aliphatic heterocycles. The van der Waals surface area contributed by atoms with E-state index < -0.39 is 23.9 Å². The fourth-order valence-corrected chi connectivity index (χ4v) is 2.71. The number of hydrogen-bond acceptors (Lipinski definition) is 6. The summed E-state index contributed by atoms with van der Waals surface area (Å²) in [7, 11) is 0. The van der Waals surface area contributed by atoms with Gasteiger partial charge < -0.3 is 16.4 Å². The Morgan fingerprint density at radius 3 is 2.32 bits per heavy atom. The first-order valence-corrected chi connectivity index (χ1v) is 9.53. The molecule has 0 aromatic heterocycles. The Morgan fingerprint density at radius 1 is 1.20 bits per heavy atom. The number of carbonyl (C=O) groups excluding carboxylic acids is 4. The van der Waals surface area contributed by atoms with Gasteiger partial charge in [0.1, 0.15) is 6.04 Å². The number of hydrogen-bond donors (Lipinski definition) is 3. The van der Waals surface area contributed by atoms with Crippen LogP contribution in [0.5, 0.6) is 0 Å². The van der Waals surface area contributed by atoms with E-state index in [0.29, 0.717) is 6.42 Å². The van der Waals surface area contributed by atoms with Crippen LogP contribution in [0.1, 0.15) is 20.3 Å². The molecule has 0 saturated carbocycles. The number of nitrogens with two attached hydrogens (primary N) is 1. The number of rotatable bonds is 10. The molecule has 1 rings (SSSR count). The van der Waals surface area contributed by atoms with Crippen molar-refractivity contribution in [3.8, 4) is 0 Å². The summed E-state index contributed by atoms with van der Waals surface area (Å²) in [5.74, 6) is -0.891. The molecule has 0 aliphatic carbocycles. The number of carbonyl (C=O) groups is 4. The quantitative estimate of drug-likeness (QED) is 0.435. The fraction of sp³-hybridized carbons (Fsp3) is 0.625. The molecule has 2 atom stereocenters. The van der Waals surface area contributed by atoms with Gasteiger partial charge in [0.25, 0.3) is 11.8 Å². The molecule has 0 aromatic carbocycles. The Bertz CT molecular complexity index is 532. The first-order chi connectivity index (χ1) is 11.8. The molecule has 1 heterocycles. The standard InChI is InChI=1S/C16H26N4O4S/c1-10(2)14(19-15(23)11(17)6-9-25-3)16(24)18-7-8-20-12(21)4-5-13(20)22/h4-5,10-11,14H,6-9,17H2,1-3H3,(H,18,24)(H,19,23)/t11-,14-/m0/s1. The molecule has 0 fully saturated rings. The molecule has 0 aromatic rings. The van der Waals surface area contributed by atoms with Gasteiger partial charge in [0, 0.05) is 25.2 Å². The number of imide groups is 1. The SMILES string of the molecule is CSCC[C@H](N)C(=O)N[C@H](C(=O)NCCN1C(=O)C=CC1=O)C(C)C. The van der Waals surface area contributed by atoms with Crippen LogP contribution in [0, 0.1) is 5.92 Å². The molecule has 0 saturated heterocycles. The van der Waals surface area contributed by atoms with Crippen LogP contribution in [0.25, 0.3) is 0 Å². The number of nitrogens with zero attached hydrogens (tertiary/aromatic N) is 1. The molecule has 4 N–H and O–H groups in total. The van der Waals surface area contributed by atoms with Gasteiger partial charge in [0.05, 0.1) is 6.04 Å². The highest BCUT2D eigenvalue weighted by atomic mass is 32.2. The number of thioether (sulfide) groups is 1. The third-order valence-electron chi connectivity index (χ3n) is 3.75. The van der Waals surface area contributed by atoms with Crippen LogP contribution >= 0.6 is 11.8 Å².